The summed E-state index contributed by atoms with van der Waals surface area (Å²) >= 11 is 0. The van der Waals surface area contributed by atoms with Gasteiger partial charge in [-0.25, -0.2) is 13.9 Å². The Morgan fingerprint density at radius 2 is 1.94 bits per heavy atom. The number of fused-ring (bicyclic) bond motifs is 1. The highest BCUT2D eigenvalue weighted by molar-refractivity contribution is 5.86. The maximum atomic E-state index is 14.8. The van der Waals surface area contributed by atoms with Gasteiger partial charge in [0.25, 0.3) is 11.1 Å². The van der Waals surface area contributed by atoms with Gasteiger partial charge in [-0.2, -0.15) is 18.3 Å². The first kappa shape index (κ1) is 25.0. The van der Waals surface area contributed by atoms with Crippen LogP contribution in [0, 0.1) is 5.82 Å². The number of hydrogen-bond acceptors (Lipinski definition) is 5. The summed E-state index contributed by atoms with van der Waals surface area (Å²) in [6, 6.07) is 8.31. The summed E-state index contributed by atoms with van der Waals surface area (Å²) in [5.74, 6) is -0.655. The van der Waals surface area contributed by atoms with Crippen LogP contribution < -0.4 is 16.4 Å². The SMILES string of the molecule is C[C@H](C[C@@H](F)Cn1ccc2cc(-c3ccccn3)c(F)cc2c1=O)Nc1cn[nH]c(=O)c1C(F)(F)F. The van der Waals surface area contributed by atoms with Crippen LogP contribution in [0.5, 0.6) is 0 Å². The van der Waals surface area contributed by atoms with Crippen molar-refractivity contribution in [3.8, 4) is 11.3 Å². The Hall–Kier alpha value is -4.09. The minimum absolute atomic E-state index is 0.0532. The second kappa shape index (κ2) is 9.88. The van der Waals surface area contributed by atoms with Crippen molar-refractivity contribution in [1.29, 1.82) is 0 Å². The number of alkyl halides is 4. The number of hydrogen-bond donors (Lipinski definition) is 2. The van der Waals surface area contributed by atoms with E-state index in [-0.39, 0.29) is 17.4 Å². The standard InChI is InChI=1S/C24H20F5N5O2/c1-13(32-20-11-31-33-22(35)21(20)24(27,28)29)8-15(25)12-34-7-5-14-9-17(19-4-2-3-6-30-19)18(26)10-16(14)23(34)36/h2-7,9-11,13,15H,8,12H2,1H3,(H2,32,33,35)/t13-,15-/m1/s1. The highest BCUT2D eigenvalue weighted by atomic mass is 19.4. The normalized spacial score (nSPS) is 13.5. The zero-order chi connectivity index (χ0) is 26.0. The number of aromatic nitrogens is 4. The average molecular weight is 505 g/mol. The monoisotopic (exact) mass is 505 g/mol. The molecule has 0 spiro atoms. The molecule has 7 nitrogen and oxygen atoms in total. The highest BCUT2D eigenvalue weighted by Crippen LogP contribution is 2.32. The Morgan fingerprint density at radius 1 is 1.17 bits per heavy atom. The molecule has 0 amide bonds. The molecule has 0 saturated carbocycles. The van der Waals surface area contributed by atoms with E-state index in [4.69, 9.17) is 0 Å². The number of aromatic amines is 1. The molecule has 12 heteroatoms. The molecule has 0 bridgehead atoms. The van der Waals surface area contributed by atoms with E-state index in [0.717, 1.165) is 16.8 Å². The predicted molar refractivity (Wildman–Crippen MR) is 124 cm³/mol. The number of nitrogens with one attached hydrogen (secondary N) is 2. The molecule has 0 fully saturated rings. The van der Waals surface area contributed by atoms with Gasteiger partial charge in [0, 0.05) is 30.4 Å². The van der Waals surface area contributed by atoms with Crippen LogP contribution in [0.4, 0.5) is 27.6 Å². The lowest BCUT2D eigenvalue weighted by Gasteiger charge is -2.20. The molecule has 2 atom stereocenters. The van der Waals surface area contributed by atoms with Gasteiger partial charge in [0.05, 0.1) is 29.5 Å². The van der Waals surface area contributed by atoms with Gasteiger partial charge in [0.2, 0.25) is 0 Å². The number of halogens is 5. The summed E-state index contributed by atoms with van der Waals surface area (Å²) in [6.45, 7) is 1.04. The van der Waals surface area contributed by atoms with Crippen molar-refractivity contribution in [2.24, 2.45) is 0 Å². The number of pyridine rings is 2. The lowest BCUT2D eigenvalue weighted by atomic mass is 10.0. The first-order valence-electron chi connectivity index (χ1n) is 10.8. The molecule has 4 aromatic rings. The molecular weight excluding hydrogens is 485 g/mol. The maximum Gasteiger partial charge on any atom is 0.423 e. The third-order valence-electron chi connectivity index (χ3n) is 5.55. The van der Waals surface area contributed by atoms with Gasteiger partial charge in [-0.05, 0) is 42.6 Å². The van der Waals surface area contributed by atoms with E-state index in [0.29, 0.717) is 11.1 Å². The molecule has 0 aliphatic heterocycles. The van der Waals surface area contributed by atoms with E-state index in [1.807, 2.05) is 0 Å². The van der Waals surface area contributed by atoms with Gasteiger partial charge in [-0.1, -0.05) is 6.07 Å². The molecule has 3 heterocycles. The van der Waals surface area contributed by atoms with Gasteiger partial charge in [0.1, 0.15) is 17.6 Å². The maximum absolute atomic E-state index is 14.8. The molecule has 0 unspecified atom stereocenters. The molecule has 4 rings (SSSR count). The molecule has 0 saturated heterocycles. The third-order valence-corrected chi connectivity index (χ3v) is 5.55. The van der Waals surface area contributed by atoms with Gasteiger partial charge < -0.3 is 9.88 Å². The molecular formula is C24H20F5N5O2. The van der Waals surface area contributed by atoms with Crippen LogP contribution in [-0.4, -0.2) is 32.0 Å². The zero-order valence-electron chi connectivity index (χ0n) is 18.8. The molecule has 36 heavy (non-hydrogen) atoms. The quantitative estimate of drug-likeness (QED) is 0.360. The molecule has 0 aliphatic rings. The van der Waals surface area contributed by atoms with Gasteiger partial charge in [0.15, 0.2) is 0 Å². The van der Waals surface area contributed by atoms with Crippen molar-refractivity contribution in [1.82, 2.24) is 19.7 Å². The van der Waals surface area contributed by atoms with Crippen LogP contribution in [0.1, 0.15) is 18.9 Å². The fraction of sp³-hybridized carbons (Fsp3) is 0.250. The summed E-state index contributed by atoms with van der Waals surface area (Å²) in [5, 5.41) is 8.05. The number of rotatable bonds is 7. The lowest BCUT2D eigenvalue weighted by molar-refractivity contribution is -0.138. The van der Waals surface area contributed by atoms with E-state index in [1.54, 1.807) is 29.4 Å². The summed E-state index contributed by atoms with van der Waals surface area (Å²) < 4.78 is 70.2. The average Bonchev–Trinajstić information content (AvgIpc) is 2.80. The fourth-order valence-corrected chi connectivity index (χ4v) is 3.95. The van der Waals surface area contributed by atoms with E-state index >= 15 is 0 Å². The summed E-state index contributed by atoms with van der Waals surface area (Å²) in [5.41, 5.74) is -3.45. The van der Waals surface area contributed by atoms with Crippen molar-refractivity contribution in [3.63, 3.8) is 0 Å². The second-order valence-corrected chi connectivity index (χ2v) is 8.27. The lowest BCUT2D eigenvalue weighted by Crippen LogP contribution is -2.30. The minimum Gasteiger partial charge on any atom is -0.381 e. The smallest absolute Gasteiger partial charge is 0.381 e. The topological polar surface area (TPSA) is 92.7 Å². The van der Waals surface area contributed by atoms with Gasteiger partial charge in [-0.15, -0.1) is 0 Å². The Balaban J connectivity index is 1.51. The van der Waals surface area contributed by atoms with Crippen LogP contribution in [-0.2, 0) is 12.7 Å². The Morgan fingerprint density at radius 3 is 2.64 bits per heavy atom. The van der Waals surface area contributed by atoms with E-state index < -0.39 is 53.1 Å². The Labute approximate surface area is 200 Å². The van der Waals surface area contributed by atoms with Crippen LogP contribution in [0.15, 0.2) is 64.6 Å². The fourth-order valence-electron chi connectivity index (χ4n) is 3.95. The second-order valence-electron chi connectivity index (χ2n) is 8.27. The zero-order valence-corrected chi connectivity index (χ0v) is 18.8. The predicted octanol–water partition coefficient (Wildman–Crippen LogP) is 4.53. The molecule has 0 radical (unpaired) electrons. The largest absolute Gasteiger partial charge is 0.423 e. The Bertz CT molecular complexity index is 1500. The van der Waals surface area contributed by atoms with Crippen LogP contribution in [0.2, 0.25) is 0 Å². The number of nitrogens with zero attached hydrogens (tertiary/aromatic N) is 3. The van der Waals surface area contributed by atoms with Crippen molar-refractivity contribution in [2.75, 3.05) is 5.32 Å². The summed E-state index contributed by atoms with van der Waals surface area (Å²) in [7, 11) is 0. The van der Waals surface area contributed by atoms with Crippen molar-refractivity contribution >= 4 is 16.5 Å². The molecule has 188 valence electrons. The van der Waals surface area contributed by atoms with Crippen LogP contribution >= 0.6 is 0 Å². The van der Waals surface area contributed by atoms with Crippen molar-refractivity contribution in [2.45, 2.75) is 38.3 Å². The molecule has 0 aliphatic carbocycles. The van der Waals surface area contributed by atoms with Crippen molar-refractivity contribution < 1.29 is 22.0 Å². The van der Waals surface area contributed by atoms with Gasteiger partial charge >= 0.3 is 6.18 Å². The van der Waals surface area contributed by atoms with E-state index in [2.05, 4.69) is 15.4 Å². The minimum atomic E-state index is -4.93. The molecule has 1 aromatic carbocycles. The van der Waals surface area contributed by atoms with E-state index in [9.17, 15) is 31.5 Å². The number of anilines is 1. The third kappa shape index (κ3) is 5.26. The Kier molecular flexibility index (Phi) is 6.86. The number of H-pyrrole nitrogens is 1. The summed E-state index contributed by atoms with van der Waals surface area (Å²) in [4.78, 5) is 28.6. The van der Waals surface area contributed by atoms with Crippen molar-refractivity contribution in [3.05, 3.63) is 87.1 Å². The van der Waals surface area contributed by atoms with Crippen LogP contribution in [0.3, 0.4) is 0 Å². The van der Waals surface area contributed by atoms with Gasteiger partial charge in [-0.3, -0.25) is 14.6 Å². The van der Waals surface area contributed by atoms with E-state index in [1.165, 1.54) is 25.4 Å². The number of benzene rings is 1. The molecule has 3 aromatic heterocycles. The first-order valence-corrected chi connectivity index (χ1v) is 10.8. The van der Waals surface area contributed by atoms with Crippen LogP contribution in [0.25, 0.3) is 22.0 Å². The first-order chi connectivity index (χ1) is 17.0. The molecule has 2 N–H and O–H groups in total. The summed E-state index contributed by atoms with van der Waals surface area (Å²) in [6.07, 6.45) is -3.15. The highest BCUT2D eigenvalue weighted by Gasteiger charge is 2.37.